The lowest BCUT2D eigenvalue weighted by molar-refractivity contribution is 0.473. The summed E-state index contributed by atoms with van der Waals surface area (Å²) in [5, 5.41) is 20.2. The van der Waals surface area contributed by atoms with Crippen molar-refractivity contribution in [3.05, 3.63) is 28.8 Å². The molecule has 0 aliphatic heterocycles. The van der Waals surface area contributed by atoms with Crippen LogP contribution in [-0.4, -0.2) is 10.9 Å². The lowest BCUT2D eigenvalue weighted by Gasteiger charge is -2.20. The highest BCUT2D eigenvalue weighted by molar-refractivity contribution is 8.03. The van der Waals surface area contributed by atoms with E-state index >= 15 is 0 Å². The zero-order valence-corrected chi connectivity index (χ0v) is 11.5. The quantitative estimate of drug-likeness (QED) is 0.631. The Kier molecular flexibility index (Phi) is 5.37. The first-order chi connectivity index (χ1) is 8.10. The predicted octanol–water partition coefficient (Wildman–Crippen LogP) is 4.11. The summed E-state index contributed by atoms with van der Waals surface area (Å²) in [5.74, 6) is 1.69. The third-order valence-corrected chi connectivity index (χ3v) is 3.68. The van der Waals surface area contributed by atoms with Gasteiger partial charge in [0.25, 0.3) is 0 Å². The van der Waals surface area contributed by atoms with Gasteiger partial charge in [-0.15, -0.1) is 0 Å². The molecule has 0 bridgehead atoms. The van der Waals surface area contributed by atoms with Crippen molar-refractivity contribution in [2.24, 2.45) is 0 Å². The molecule has 0 aromatic heterocycles. The lowest BCUT2D eigenvalue weighted by Crippen LogP contribution is -2.04. The minimum absolute atomic E-state index is 0.338. The summed E-state index contributed by atoms with van der Waals surface area (Å²) in [6.07, 6.45) is 2.08. The van der Waals surface area contributed by atoms with Crippen LogP contribution in [0.5, 0.6) is 5.75 Å². The normalized spacial score (nSPS) is 12.1. The van der Waals surface area contributed by atoms with Crippen molar-refractivity contribution in [2.45, 2.75) is 39.5 Å². The Morgan fingerprint density at radius 2 is 1.94 bits per heavy atom. The number of nitriles is 1. The van der Waals surface area contributed by atoms with E-state index in [-0.39, 0.29) is 0 Å². The minimum Gasteiger partial charge on any atom is -0.508 e. The van der Waals surface area contributed by atoms with E-state index in [1.54, 1.807) is 0 Å². The van der Waals surface area contributed by atoms with Crippen LogP contribution in [0.3, 0.4) is 0 Å². The van der Waals surface area contributed by atoms with E-state index in [9.17, 15) is 5.11 Å². The average molecular weight is 249 g/mol. The maximum absolute atomic E-state index is 9.54. The fourth-order valence-electron chi connectivity index (χ4n) is 2.40. The minimum atomic E-state index is 0.338. The van der Waals surface area contributed by atoms with E-state index < -0.39 is 0 Å². The summed E-state index contributed by atoms with van der Waals surface area (Å²) < 4.78 is 0. The molecular formula is C14H19NOS. The molecule has 0 fully saturated rings. The first-order valence-electron chi connectivity index (χ1n) is 5.91. The van der Waals surface area contributed by atoms with Gasteiger partial charge in [0.2, 0.25) is 0 Å². The van der Waals surface area contributed by atoms with Gasteiger partial charge < -0.3 is 5.11 Å². The van der Waals surface area contributed by atoms with E-state index in [1.165, 1.54) is 17.3 Å². The monoisotopic (exact) mass is 249 g/mol. The number of phenols is 1. The SMILES string of the molecule is CCC(CCSC#N)c1c(C)cc(O)cc1C. The summed E-state index contributed by atoms with van der Waals surface area (Å²) in [6, 6.07) is 3.64. The van der Waals surface area contributed by atoms with Crippen molar-refractivity contribution in [2.75, 3.05) is 5.75 Å². The highest BCUT2D eigenvalue weighted by Gasteiger charge is 2.15. The molecule has 1 N–H and O–H groups in total. The van der Waals surface area contributed by atoms with Crippen LogP contribution < -0.4 is 0 Å². The molecule has 0 saturated carbocycles. The van der Waals surface area contributed by atoms with Crippen LogP contribution in [0.1, 0.15) is 42.4 Å². The lowest BCUT2D eigenvalue weighted by atomic mass is 9.87. The molecule has 2 nitrogen and oxygen atoms in total. The summed E-state index contributed by atoms with van der Waals surface area (Å²) in [4.78, 5) is 0. The molecule has 92 valence electrons. The molecular weight excluding hydrogens is 230 g/mol. The second-order valence-corrected chi connectivity index (χ2v) is 5.21. The smallest absolute Gasteiger partial charge is 0.133 e. The summed E-state index contributed by atoms with van der Waals surface area (Å²) >= 11 is 1.32. The molecule has 1 atom stereocenters. The highest BCUT2D eigenvalue weighted by Crippen LogP contribution is 2.32. The van der Waals surface area contributed by atoms with Crippen molar-refractivity contribution >= 4 is 11.8 Å². The molecule has 0 amide bonds. The van der Waals surface area contributed by atoms with Crippen molar-refractivity contribution in [1.29, 1.82) is 5.26 Å². The van der Waals surface area contributed by atoms with Gasteiger partial charge in [0.1, 0.15) is 11.2 Å². The third kappa shape index (κ3) is 3.67. The number of phenolic OH excluding ortho intramolecular Hbond substituents is 1. The molecule has 0 aliphatic rings. The maximum Gasteiger partial charge on any atom is 0.133 e. The summed E-state index contributed by atoms with van der Waals surface area (Å²) in [6.45, 7) is 6.26. The Morgan fingerprint density at radius 1 is 1.35 bits per heavy atom. The molecule has 17 heavy (non-hydrogen) atoms. The number of nitrogens with zero attached hydrogens (tertiary/aromatic N) is 1. The number of thiocyanates is 1. The molecule has 1 aromatic carbocycles. The predicted molar refractivity (Wildman–Crippen MR) is 73.3 cm³/mol. The Balaban J connectivity index is 2.92. The summed E-state index contributed by atoms with van der Waals surface area (Å²) in [5.41, 5.74) is 3.64. The van der Waals surface area contributed by atoms with Crippen LogP contribution in [0, 0.1) is 24.5 Å². The Hall–Kier alpha value is -1.14. The van der Waals surface area contributed by atoms with Crippen LogP contribution in [0.25, 0.3) is 0 Å². The van der Waals surface area contributed by atoms with Crippen molar-refractivity contribution < 1.29 is 5.11 Å². The van der Waals surface area contributed by atoms with E-state index in [2.05, 4.69) is 12.3 Å². The van der Waals surface area contributed by atoms with Gasteiger partial charge in [-0.3, -0.25) is 0 Å². The number of aryl methyl sites for hydroxylation is 2. The van der Waals surface area contributed by atoms with Gasteiger partial charge in [-0.1, -0.05) is 6.92 Å². The maximum atomic E-state index is 9.54. The van der Waals surface area contributed by atoms with Gasteiger partial charge in [0.05, 0.1) is 0 Å². The molecule has 1 aromatic rings. The number of aromatic hydroxyl groups is 1. The number of thioether (sulfide) groups is 1. The molecule has 1 unspecified atom stereocenters. The molecule has 3 heteroatoms. The highest BCUT2D eigenvalue weighted by atomic mass is 32.2. The second-order valence-electron chi connectivity index (χ2n) is 4.33. The van der Waals surface area contributed by atoms with Gasteiger partial charge in [0.15, 0.2) is 0 Å². The molecule has 0 spiro atoms. The molecule has 0 radical (unpaired) electrons. The first kappa shape index (κ1) is 13.9. The molecule has 0 heterocycles. The van der Waals surface area contributed by atoms with Gasteiger partial charge in [0, 0.05) is 5.75 Å². The number of hydrogen-bond donors (Lipinski definition) is 1. The molecule has 0 aliphatic carbocycles. The fraction of sp³-hybridized carbons (Fsp3) is 0.500. The summed E-state index contributed by atoms with van der Waals surface area (Å²) in [7, 11) is 0. The van der Waals surface area contributed by atoms with Crippen LogP contribution in [-0.2, 0) is 0 Å². The van der Waals surface area contributed by atoms with Gasteiger partial charge in [-0.2, -0.15) is 5.26 Å². The fourth-order valence-corrected chi connectivity index (χ4v) is 2.89. The van der Waals surface area contributed by atoms with E-state index in [0.717, 1.165) is 29.7 Å². The third-order valence-electron chi connectivity index (χ3n) is 3.11. The van der Waals surface area contributed by atoms with Crippen LogP contribution >= 0.6 is 11.8 Å². The zero-order chi connectivity index (χ0) is 12.8. The molecule has 1 rings (SSSR count). The zero-order valence-electron chi connectivity index (χ0n) is 10.7. The van der Waals surface area contributed by atoms with E-state index in [4.69, 9.17) is 5.26 Å². The first-order valence-corrected chi connectivity index (χ1v) is 6.89. The standard InChI is InChI=1S/C14H19NOS/c1-4-12(5-6-17-9-15)14-10(2)7-13(16)8-11(14)3/h7-8,12,16H,4-6H2,1-3H3. The van der Waals surface area contributed by atoms with Crippen LogP contribution in [0.15, 0.2) is 12.1 Å². The van der Waals surface area contributed by atoms with Crippen molar-refractivity contribution in [1.82, 2.24) is 0 Å². The Labute approximate surface area is 108 Å². The van der Waals surface area contributed by atoms with Gasteiger partial charge in [-0.25, -0.2) is 0 Å². The van der Waals surface area contributed by atoms with E-state index in [0.29, 0.717) is 11.7 Å². The van der Waals surface area contributed by atoms with Gasteiger partial charge >= 0.3 is 0 Å². The largest absolute Gasteiger partial charge is 0.508 e. The van der Waals surface area contributed by atoms with Crippen LogP contribution in [0.4, 0.5) is 0 Å². The number of rotatable bonds is 5. The average Bonchev–Trinajstić information content (AvgIpc) is 2.25. The van der Waals surface area contributed by atoms with Crippen molar-refractivity contribution in [3.8, 4) is 11.2 Å². The van der Waals surface area contributed by atoms with E-state index in [1.807, 2.05) is 26.0 Å². The van der Waals surface area contributed by atoms with Gasteiger partial charge in [-0.05, 0) is 73.2 Å². The number of hydrogen-bond acceptors (Lipinski definition) is 3. The molecule has 0 saturated heterocycles. The van der Waals surface area contributed by atoms with Crippen LogP contribution in [0.2, 0.25) is 0 Å². The second kappa shape index (κ2) is 6.56. The number of benzene rings is 1. The Bertz CT molecular complexity index is 400. The Morgan fingerprint density at radius 3 is 2.41 bits per heavy atom. The van der Waals surface area contributed by atoms with Crippen molar-refractivity contribution in [3.63, 3.8) is 0 Å². The topological polar surface area (TPSA) is 44.0 Å².